The van der Waals surface area contributed by atoms with Gasteiger partial charge in [-0.3, -0.25) is 19.2 Å². The third kappa shape index (κ3) is 7.46. The number of ether oxygens (including phenoxy) is 2. The molecule has 1 N–H and O–H groups in total. The third-order valence-electron chi connectivity index (χ3n) is 3.77. The zero-order valence-electron chi connectivity index (χ0n) is 15.3. The van der Waals surface area contributed by atoms with Crippen LogP contribution in [0, 0.1) is 5.92 Å². The van der Waals surface area contributed by atoms with Gasteiger partial charge in [-0.05, 0) is 5.56 Å². The number of methoxy groups -OCH3 is 1. The number of rotatable bonds is 10. The monoisotopic (exact) mass is 363 g/mol. The van der Waals surface area contributed by atoms with E-state index in [2.05, 4.69) is 10.1 Å². The average Bonchev–Trinajstić information content (AvgIpc) is 2.65. The van der Waals surface area contributed by atoms with Crippen molar-refractivity contribution in [3.05, 3.63) is 35.9 Å². The first-order chi connectivity index (χ1) is 12.4. The fraction of sp³-hybridized carbons (Fsp3) is 0.474. The molecule has 1 amide bonds. The van der Waals surface area contributed by atoms with Crippen molar-refractivity contribution in [1.29, 1.82) is 0 Å². The van der Waals surface area contributed by atoms with E-state index < -0.39 is 29.7 Å². The fourth-order valence-electron chi connectivity index (χ4n) is 2.23. The predicted octanol–water partition coefficient (Wildman–Crippen LogP) is 1.78. The predicted molar refractivity (Wildman–Crippen MR) is 93.9 cm³/mol. The molecule has 0 aliphatic heterocycles. The van der Waals surface area contributed by atoms with Crippen LogP contribution in [0.1, 0.15) is 38.7 Å². The summed E-state index contributed by atoms with van der Waals surface area (Å²) in [7, 11) is 1.24. The van der Waals surface area contributed by atoms with Gasteiger partial charge in [0.1, 0.15) is 6.61 Å². The molecule has 0 unspecified atom stereocenters. The maximum Gasteiger partial charge on any atom is 0.308 e. The van der Waals surface area contributed by atoms with Crippen LogP contribution in [-0.4, -0.2) is 36.8 Å². The molecule has 0 spiro atoms. The summed E-state index contributed by atoms with van der Waals surface area (Å²) in [6.07, 6.45) is -0.242. The van der Waals surface area contributed by atoms with Gasteiger partial charge < -0.3 is 14.8 Å². The lowest BCUT2D eigenvalue weighted by Gasteiger charge is -2.18. The molecule has 26 heavy (non-hydrogen) atoms. The molecule has 1 aromatic carbocycles. The molecule has 7 nitrogen and oxygen atoms in total. The van der Waals surface area contributed by atoms with E-state index >= 15 is 0 Å². The summed E-state index contributed by atoms with van der Waals surface area (Å²) in [5, 5.41) is 2.52. The average molecular weight is 363 g/mol. The van der Waals surface area contributed by atoms with Crippen LogP contribution in [0.4, 0.5) is 0 Å². The Bertz CT molecular complexity index is 628. The highest BCUT2D eigenvalue weighted by Crippen LogP contribution is 2.10. The number of hydrogen-bond acceptors (Lipinski definition) is 6. The van der Waals surface area contributed by atoms with Gasteiger partial charge in [-0.1, -0.05) is 44.2 Å². The molecular formula is C19H25NO6. The van der Waals surface area contributed by atoms with Crippen molar-refractivity contribution in [1.82, 2.24) is 5.32 Å². The molecule has 142 valence electrons. The SMILES string of the molecule is CCC(=O)N[C@H](CC(=O)OCc1ccccc1)C(=O)C[C@@H](C)C(=O)OC. The second-order valence-corrected chi connectivity index (χ2v) is 5.92. The molecule has 1 rings (SSSR count). The molecular weight excluding hydrogens is 338 g/mol. The number of ketones is 1. The van der Waals surface area contributed by atoms with Crippen molar-refractivity contribution in [3.63, 3.8) is 0 Å². The number of carbonyl (C=O) groups excluding carboxylic acids is 4. The Hall–Kier alpha value is -2.70. The molecule has 0 aliphatic rings. The zero-order chi connectivity index (χ0) is 19.5. The maximum atomic E-state index is 12.4. The minimum Gasteiger partial charge on any atom is -0.469 e. The highest BCUT2D eigenvalue weighted by atomic mass is 16.5. The smallest absolute Gasteiger partial charge is 0.308 e. The summed E-state index contributed by atoms with van der Waals surface area (Å²) in [6, 6.07) is 8.09. The van der Waals surface area contributed by atoms with E-state index in [9.17, 15) is 19.2 Å². The summed E-state index contributed by atoms with van der Waals surface area (Å²) in [5.41, 5.74) is 0.820. The third-order valence-corrected chi connectivity index (χ3v) is 3.77. The van der Waals surface area contributed by atoms with Crippen molar-refractivity contribution in [2.75, 3.05) is 7.11 Å². The van der Waals surface area contributed by atoms with E-state index in [1.807, 2.05) is 30.3 Å². The number of esters is 2. The first kappa shape index (κ1) is 21.3. The molecule has 0 aliphatic carbocycles. The van der Waals surface area contributed by atoms with E-state index in [1.54, 1.807) is 13.8 Å². The van der Waals surface area contributed by atoms with Gasteiger partial charge in [0.2, 0.25) is 5.91 Å². The molecule has 0 aromatic heterocycles. The molecule has 0 bridgehead atoms. The van der Waals surface area contributed by atoms with Gasteiger partial charge in [0.15, 0.2) is 5.78 Å². The van der Waals surface area contributed by atoms with E-state index in [4.69, 9.17) is 4.74 Å². The Labute approximate surface area is 153 Å². The summed E-state index contributed by atoms with van der Waals surface area (Å²) in [4.78, 5) is 47.6. The number of carbonyl (C=O) groups is 4. The van der Waals surface area contributed by atoms with Gasteiger partial charge in [0.25, 0.3) is 0 Å². The molecule has 1 aromatic rings. The summed E-state index contributed by atoms with van der Waals surface area (Å²) >= 11 is 0. The number of nitrogens with one attached hydrogen (secondary N) is 1. The largest absolute Gasteiger partial charge is 0.469 e. The van der Waals surface area contributed by atoms with Crippen molar-refractivity contribution < 1.29 is 28.7 Å². The quantitative estimate of drug-likeness (QED) is 0.636. The van der Waals surface area contributed by atoms with Crippen LogP contribution >= 0.6 is 0 Å². The fourth-order valence-corrected chi connectivity index (χ4v) is 2.23. The number of amides is 1. The standard InChI is InChI=1S/C19H25NO6/c1-4-17(22)20-15(16(21)10-13(2)19(24)25-3)11-18(23)26-12-14-8-6-5-7-9-14/h5-9,13,15H,4,10-12H2,1-3H3,(H,20,22)/t13-,15-/m1/s1. The van der Waals surface area contributed by atoms with Crippen molar-refractivity contribution in [2.24, 2.45) is 5.92 Å². The molecule has 0 saturated carbocycles. The normalized spacial score (nSPS) is 12.6. The molecule has 0 saturated heterocycles. The first-order valence-corrected chi connectivity index (χ1v) is 8.46. The second-order valence-electron chi connectivity index (χ2n) is 5.92. The van der Waals surface area contributed by atoms with Gasteiger partial charge in [-0.15, -0.1) is 0 Å². The van der Waals surface area contributed by atoms with Gasteiger partial charge >= 0.3 is 11.9 Å². The highest BCUT2D eigenvalue weighted by molar-refractivity contribution is 5.94. The summed E-state index contributed by atoms with van der Waals surface area (Å²) < 4.78 is 9.76. The van der Waals surface area contributed by atoms with Crippen molar-refractivity contribution >= 4 is 23.6 Å². The topological polar surface area (TPSA) is 98.8 Å². The van der Waals surface area contributed by atoms with Crippen molar-refractivity contribution in [3.8, 4) is 0 Å². The van der Waals surface area contributed by atoms with Gasteiger partial charge in [-0.25, -0.2) is 0 Å². The highest BCUT2D eigenvalue weighted by Gasteiger charge is 2.27. The molecule has 7 heteroatoms. The molecule has 0 heterocycles. The van der Waals surface area contributed by atoms with E-state index in [0.717, 1.165) is 5.56 Å². The Morgan fingerprint density at radius 2 is 1.73 bits per heavy atom. The van der Waals surface area contributed by atoms with Crippen LogP contribution in [0.3, 0.4) is 0 Å². The second kappa shape index (κ2) is 11.0. The number of Topliss-reactive ketones (excluding diaryl/α,β-unsaturated/α-hetero) is 1. The van der Waals surface area contributed by atoms with Gasteiger partial charge in [0, 0.05) is 12.8 Å². The number of benzene rings is 1. The van der Waals surface area contributed by atoms with Gasteiger partial charge in [0.05, 0.1) is 25.5 Å². The van der Waals surface area contributed by atoms with Crippen molar-refractivity contribution in [2.45, 2.75) is 45.8 Å². The van der Waals surface area contributed by atoms with Crippen LogP contribution in [0.15, 0.2) is 30.3 Å². The Morgan fingerprint density at radius 3 is 2.31 bits per heavy atom. The lowest BCUT2D eigenvalue weighted by molar-refractivity contribution is -0.148. The molecule has 0 fully saturated rings. The minimum absolute atomic E-state index is 0.0842. The Kier molecular flexibility index (Phi) is 9.05. The van der Waals surface area contributed by atoms with Gasteiger partial charge in [-0.2, -0.15) is 0 Å². The minimum atomic E-state index is -1.03. The van der Waals surface area contributed by atoms with Crippen LogP contribution in [0.2, 0.25) is 0 Å². The van der Waals surface area contributed by atoms with E-state index in [0.29, 0.717) is 0 Å². The maximum absolute atomic E-state index is 12.4. The molecule has 0 radical (unpaired) electrons. The van der Waals surface area contributed by atoms with Crippen LogP contribution < -0.4 is 5.32 Å². The lowest BCUT2D eigenvalue weighted by atomic mass is 9.98. The Morgan fingerprint density at radius 1 is 1.08 bits per heavy atom. The zero-order valence-corrected chi connectivity index (χ0v) is 15.3. The van der Waals surface area contributed by atoms with E-state index in [-0.39, 0.29) is 31.8 Å². The van der Waals surface area contributed by atoms with Crippen LogP contribution in [0.5, 0.6) is 0 Å². The van der Waals surface area contributed by atoms with E-state index in [1.165, 1.54) is 7.11 Å². The Balaban J connectivity index is 2.66. The van der Waals surface area contributed by atoms with Crippen LogP contribution in [0.25, 0.3) is 0 Å². The summed E-state index contributed by atoms with van der Waals surface area (Å²) in [6.45, 7) is 3.28. The summed E-state index contributed by atoms with van der Waals surface area (Å²) in [5.74, 6) is -2.56. The van der Waals surface area contributed by atoms with Crippen LogP contribution in [-0.2, 0) is 35.3 Å². The number of hydrogen-bond donors (Lipinski definition) is 1. The molecule has 2 atom stereocenters. The lowest BCUT2D eigenvalue weighted by Crippen LogP contribution is -2.43. The first-order valence-electron chi connectivity index (χ1n) is 8.46.